The minimum atomic E-state index is -4.75. The average molecular weight is 322 g/mol. The molecule has 5 atom stereocenters. The highest BCUT2D eigenvalue weighted by molar-refractivity contribution is 7.52. The molecule has 12 heteroatoms. The number of nitrogen functional groups attached to an aromatic ring is 1. The number of nitrogens with two attached hydrogens (primary N) is 2. The largest absolute Gasteiger partial charge is 0.387 e. The quantitative estimate of drug-likeness (QED) is 0.310. The molecule has 118 valence electrons. The van der Waals surface area contributed by atoms with Crippen LogP contribution >= 0.6 is 7.60 Å². The van der Waals surface area contributed by atoms with Crippen molar-refractivity contribution in [2.75, 3.05) is 5.73 Å². The second-order valence-corrected chi connectivity index (χ2v) is 6.37. The van der Waals surface area contributed by atoms with Gasteiger partial charge in [-0.25, -0.2) is 4.79 Å². The van der Waals surface area contributed by atoms with E-state index in [0.29, 0.717) is 0 Å². The van der Waals surface area contributed by atoms with Crippen LogP contribution in [0.2, 0.25) is 0 Å². The van der Waals surface area contributed by atoms with Gasteiger partial charge in [-0.3, -0.25) is 9.13 Å². The lowest BCUT2D eigenvalue weighted by Gasteiger charge is -2.22. The number of anilines is 1. The van der Waals surface area contributed by atoms with Crippen molar-refractivity contribution in [1.29, 1.82) is 0 Å². The zero-order valence-electron chi connectivity index (χ0n) is 10.6. The standard InChI is InChI=1S/C9H15N4O7P/c10-3-1-2-13(9(16)12-3)8-5(15)4(14)6(20-8)7(11)21(17,18)19/h1-2,4-8,14-15H,11H2,(H2,10,12,16)(H2,17,18,19)/t4-,5-,6-,7-,8+/m0/s1. The summed E-state index contributed by atoms with van der Waals surface area (Å²) in [6, 6.07) is 1.26. The summed E-state index contributed by atoms with van der Waals surface area (Å²) in [4.78, 5) is 33.1. The third-order valence-corrected chi connectivity index (χ3v) is 4.20. The molecule has 0 spiro atoms. The van der Waals surface area contributed by atoms with Gasteiger partial charge in [0.05, 0.1) is 0 Å². The van der Waals surface area contributed by atoms with Crippen LogP contribution < -0.4 is 17.2 Å². The summed E-state index contributed by atoms with van der Waals surface area (Å²) < 4.78 is 17.1. The number of ether oxygens (including phenoxy) is 1. The Hall–Kier alpha value is -1.33. The van der Waals surface area contributed by atoms with Crippen molar-refractivity contribution in [1.82, 2.24) is 9.55 Å². The van der Waals surface area contributed by atoms with Gasteiger partial charge in [0, 0.05) is 6.20 Å². The van der Waals surface area contributed by atoms with E-state index in [0.717, 1.165) is 4.57 Å². The summed E-state index contributed by atoms with van der Waals surface area (Å²) in [5, 5.41) is 19.7. The van der Waals surface area contributed by atoms with Crippen LogP contribution in [-0.4, -0.2) is 53.6 Å². The predicted molar refractivity (Wildman–Crippen MR) is 68.9 cm³/mol. The molecule has 0 bridgehead atoms. The molecule has 0 saturated carbocycles. The van der Waals surface area contributed by atoms with E-state index in [-0.39, 0.29) is 5.82 Å². The van der Waals surface area contributed by atoms with Crippen molar-refractivity contribution >= 4 is 13.4 Å². The van der Waals surface area contributed by atoms with Crippen LogP contribution in [-0.2, 0) is 9.30 Å². The van der Waals surface area contributed by atoms with Gasteiger partial charge < -0.3 is 36.2 Å². The lowest BCUT2D eigenvalue weighted by atomic mass is 10.1. The zero-order chi connectivity index (χ0) is 15.9. The number of nitrogens with zero attached hydrogens (tertiary/aromatic N) is 2. The normalized spacial score (nSPS) is 31.3. The summed E-state index contributed by atoms with van der Waals surface area (Å²) in [7, 11) is -4.75. The van der Waals surface area contributed by atoms with Crippen LogP contribution in [0, 0.1) is 0 Å². The maximum Gasteiger partial charge on any atom is 0.351 e. The van der Waals surface area contributed by atoms with E-state index in [9.17, 15) is 19.6 Å². The van der Waals surface area contributed by atoms with Crippen LogP contribution in [0.5, 0.6) is 0 Å². The van der Waals surface area contributed by atoms with E-state index in [1.54, 1.807) is 0 Å². The molecule has 0 amide bonds. The van der Waals surface area contributed by atoms with Gasteiger partial charge in [0.15, 0.2) is 6.23 Å². The van der Waals surface area contributed by atoms with Crippen LogP contribution in [0.25, 0.3) is 0 Å². The first-order valence-electron chi connectivity index (χ1n) is 5.80. The van der Waals surface area contributed by atoms with Crippen molar-refractivity contribution in [3.63, 3.8) is 0 Å². The fourth-order valence-electron chi connectivity index (χ4n) is 2.01. The molecule has 1 aromatic rings. The lowest BCUT2D eigenvalue weighted by molar-refractivity contribution is -0.0416. The number of hydrogen-bond donors (Lipinski definition) is 6. The summed E-state index contributed by atoms with van der Waals surface area (Å²) in [6.45, 7) is 0. The van der Waals surface area contributed by atoms with Crippen molar-refractivity contribution in [3.8, 4) is 0 Å². The second-order valence-electron chi connectivity index (χ2n) is 4.59. The Kier molecular flexibility index (Phi) is 4.17. The van der Waals surface area contributed by atoms with Gasteiger partial charge in [-0.05, 0) is 6.07 Å². The van der Waals surface area contributed by atoms with Gasteiger partial charge in [-0.2, -0.15) is 4.98 Å². The van der Waals surface area contributed by atoms with E-state index in [1.807, 2.05) is 0 Å². The van der Waals surface area contributed by atoms with Crippen molar-refractivity contribution in [2.24, 2.45) is 5.73 Å². The van der Waals surface area contributed by atoms with Crippen molar-refractivity contribution in [2.45, 2.75) is 30.3 Å². The van der Waals surface area contributed by atoms with E-state index in [1.165, 1.54) is 12.3 Å². The molecule has 1 fully saturated rings. The Balaban J connectivity index is 2.32. The average Bonchev–Trinajstić information content (AvgIpc) is 2.65. The van der Waals surface area contributed by atoms with Gasteiger partial charge in [0.2, 0.25) is 0 Å². The fraction of sp³-hybridized carbons (Fsp3) is 0.556. The molecule has 0 aliphatic carbocycles. The van der Waals surface area contributed by atoms with Gasteiger partial charge in [-0.1, -0.05) is 0 Å². The molecule has 1 aromatic heterocycles. The molecule has 1 aliphatic rings. The number of hydrogen-bond acceptors (Lipinski definition) is 8. The monoisotopic (exact) mass is 322 g/mol. The molecule has 2 rings (SSSR count). The molecule has 1 aliphatic heterocycles. The number of aliphatic hydroxyl groups is 2. The van der Waals surface area contributed by atoms with Gasteiger partial charge in [-0.15, -0.1) is 0 Å². The van der Waals surface area contributed by atoms with Crippen LogP contribution in [0.4, 0.5) is 5.82 Å². The summed E-state index contributed by atoms with van der Waals surface area (Å²) in [6.07, 6.45) is -5.05. The third kappa shape index (κ3) is 2.99. The van der Waals surface area contributed by atoms with Crippen LogP contribution in [0.1, 0.15) is 6.23 Å². The van der Waals surface area contributed by atoms with Gasteiger partial charge >= 0.3 is 13.3 Å². The minimum absolute atomic E-state index is 0.0484. The molecule has 0 aromatic carbocycles. The number of aliphatic hydroxyl groups excluding tert-OH is 2. The fourth-order valence-corrected chi connectivity index (χ4v) is 2.64. The SMILES string of the molecule is Nc1ccn([C@@H]2O[C@H]([C@@H](N)P(=O)(O)O)[C@@H](O)[C@@H]2O)c(=O)n1. The molecule has 0 unspecified atom stereocenters. The first-order chi connectivity index (χ1) is 9.62. The minimum Gasteiger partial charge on any atom is -0.387 e. The highest BCUT2D eigenvalue weighted by Crippen LogP contribution is 2.44. The Morgan fingerprint density at radius 1 is 1.38 bits per heavy atom. The van der Waals surface area contributed by atoms with Crippen LogP contribution in [0.15, 0.2) is 17.1 Å². The number of aromatic nitrogens is 2. The highest BCUT2D eigenvalue weighted by atomic mass is 31.2. The molecule has 1 saturated heterocycles. The molecule has 2 heterocycles. The third-order valence-electron chi connectivity index (χ3n) is 3.13. The zero-order valence-corrected chi connectivity index (χ0v) is 11.4. The Bertz CT molecular complexity index is 631. The van der Waals surface area contributed by atoms with Gasteiger partial charge in [0.25, 0.3) is 0 Å². The van der Waals surface area contributed by atoms with Gasteiger partial charge in [0.1, 0.15) is 29.9 Å². The maximum atomic E-state index is 11.7. The second kappa shape index (κ2) is 5.46. The van der Waals surface area contributed by atoms with E-state index in [2.05, 4.69) is 4.98 Å². The van der Waals surface area contributed by atoms with Crippen LogP contribution in [0.3, 0.4) is 0 Å². The molecule has 8 N–H and O–H groups in total. The summed E-state index contributed by atoms with van der Waals surface area (Å²) in [5.74, 6) is -1.89. The summed E-state index contributed by atoms with van der Waals surface area (Å²) in [5.41, 5.74) is 9.80. The maximum absolute atomic E-state index is 11.7. The van der Waals surface area contributed by atoms with Crippen molar-refractivity contribution < 1.29 is 29.3 Å². The lowest BCUT2D eigenvalue weighted by Crippen LogP contribution is -2.43. The Morgan fingerprint density at radius 2 is 2.00 bits per heavy atom. The van der Waals surface area contributed by atoms with E-state index >= 15 is 0 Å². The van der Waals surface area contributed by atoms with Crippen molar-refractivity contribution in [3.05, 3.63) is 22.7 Å². The summed E-state index contributed by atoms with van der Waals surface area (Å²) >= 11 is 0. The predicted octanol–water partition coefficient (Wildman–Crippen LogP) is -3.09. The Labute approximate surface area is 117 Å². The first kappa shape index (κ1) is 16.0. The molecule has 21 heavy (non-hydrogen) atoms. The molecule has 11 nitrogen and oxygen atoms in total. The highest BCUT2D eigenvalue weighted by Gasteiger charge is 2.50. The molecular formula is C9H15N4O7P. The smallest absolute Gasteiger partial charge is 0.351 e. The number of rotatable bonds is 3. The van der Waals surface area contributed by atoms with E-state index in [4.69, 9.17) is 26.0 Å². The molecular weight excluding hydrogens is 307 g/mol. The Morgan fingerprint density at radius 3 is 2.52 bits per heavy atom. The topological polar surface area (TPSA) is 194 Å². The first-order valence-corrected chi connectivity index (χ1v) is 7.48. The molecule has 0 radical (unpaired) electrons. The van der Waals surface area contributed by atoms with E-state index < -0.39 is 43.6 Å².